The quantitative estimate of drug-likeness (QED) is 0.450. The van der Waals surface area contributed by atoms with Crippen LogP contribution in [0, 0.1) is 0 Å². The van der Waals surface area contributed by atoms with Crippen molar-refractivity contribution in [3.05, 3.63) is 71.9 Å². The highest BCUT2D eigenvalue weighted by molar-refractivity contribution is 7.89. The Morgan fingerprint density at radius 1 is 1.03 bits per heavy atom. The summed E-state index contributed by atoms with van der Waals surface area (Å²) >= 11 is 6.07. The molecule has 1 N–H and O–H groups in total. The molecule has 3 aromatic carbocycles. The van der Waals surface area contributed by atoms with Gasteiger partial charge in [0.15, 0.2) is 0 Å². The van der Waals surface area contributed by atoms with Crippen LogP contribution in [0.1, 0.15) is 0 Å². The Morgan fingerprint density at radius 2 is 1.81 bits per heavy atom. The third-order valence-corrected chi connectivity index (χ3v) is 7.69. The maximum Gasteiger partial charge on any atom is 0.245 e. The predicted molar refractivity (Wildman–Crippen MR) is 126 cm³/mol. The lowest BCUT2D eigenvalue weighted by Crippen LogP contribution is -2.19. The van der Waals surface area contributed by atoms with Gasteiger partial charge >= 0.3 is 0 Å². The Balaban J connectivity index is 1.47. The van der Waals surface area contributed by atoms with Crippen molar-refractivity contribution in [2.24, 2.45) is 0 Å². The molecule has 0 aliphatic carbocycles. The molecule has 2 unspecified atom stereocenters. The van der Waals surface area contributed by atoms with Gasteiger partial charge < -0.3 is 10.2 Å². The van der Waals surface area contributed by atoms with Gasteiger partial charge in [-0.15, -0.1) is 0 Å². The highest BCUT2D eigenvalue weighted by atomic mass is 35.5. The van der Waals surface area contributed by atoms with Crippen molar-refractivity contribution in [3.8, 4) is 0 Å². The monoisotopic (exact) mass is 452 g/mol. The normalized spacial score (nSPS) is 18.3. The number of hydrogen-bond donors (Lipinski definition) is 1. The average molecular weight is 453 g/mol. The maximum absolute atomic E-state index is 13.4. The summed E-state index contributed by atoms with van der Waals surface area (Å²) in [6.45, 7) is 0.406. The van der Waals surface area contributed by atoms with E-state index < -0.39 is 10.0 Å². The van der Waals surface area contributed by atoms with Gasteiger partial charge in [-0.25, -0.2) is 8.42 Å². The first-order valence-corrected chi connectivity index (χ1v) is 11.7. The third kappa shape index (κ3) is 3.48. The molecular weight excluding hydrogens is 432 g/mol. The fourth-order valence-corrected chi connectivity index (χ4v) is 5.79. The molecule has 31 heavy (non-hydrogen) atoms. The second-order valence-corrected chi connectivity index (χ2v) is 10.1. The highest BCUT2D eigenvalue weighted by Gasteiger charge is 2.45. The Hall–Kier alpha value is -2.87. The number of pyridine rings is 1. The Bertz CT molecular complexity index is 1420. The molecule has 5 rings (SSSR count). The lowest BCUT2D eigenvalue weighted by atomic mass is 10.1. The van der Waals surface area contributed by atoms with E-state index in [1.807, 2.05) is 55.4 Å². The van der Waals surface area contributed by atoms with Gasteiger partial charge in [-0.3, -0.25) is 4.98 Å². The summed E-state index contributed by atoms with van der Waals surface area (Å²) in [5.41, 5.74) is 2.58. The van der Waals surface area contributed by atoms with Crippen molar-refractivity contribution in [2.45, 2.75) is 11.1 Å². The first-order valence-electron chi connectivity index (χ1n) is 9.88. The van der Waals surface area contributed by atoms with Gasteiger partial charge in [0.1, 0.15) is 6.17 Å². The van der Waals surface area contributed by atoms with Crippen LogP contribution < -0.4 is 10.2 Å². The van der Waals surface area contributed by atoms with Crippen molar-refractivity contribution in [3.63, 3.8) is 0 Å². The summed E-state index contributed by atoms with van der Waals surface area (Å²) in [7, 11) is 0.253. The van der Waals surface area contributed by atoms with E-state index in [1.165, 1.54) is 4.31 Å². The molecule has 0 radical (unpaired) electrons. The Morgan fingerprint density at radius 3 is 2.61 bits per heavy atom. The third-order valence-electron chi connectivity index (χ3n) is 5.52. The lowest BCUT2D eigenvalue weighted by Gasteiger charge is -2.17. The van der Waals surface area contributed by atoms with Crippen LogP contribution in [-0.4, -0.2) is 44.5 Å². The van der Waals surface area contributed by atoms with Gasteiger partial charge in [0, 0.05) is 52.8 Å². The van der Waals surface area contributed by atoms with Crippen molar-refractivity contribution >= 4 is 54.7 Å². The lowest BCUT2D eigenvalue weighted by molar-refractivity contribution is 0.557. The minimum absolute atomic E-state index is 0.307. The summed E-state index contributed by atoms with van der Waals surface area (Å²) in [6.07, 6.45) is 1.38. The summed E-state index contributed by atoms with van der Waals surface area (Å²) in [4.78, 5) is 6.65. The van der Waals surface area contributed by atoms with Gasteiger partial charge in [0.05, 0.1) is 17.0 Å². The number of anilines is 2. The molecule has 2 heterocycles. The second-order valence-electron chi connectivity index (χ2n) is 7.78. The molecule has 0 saturated carbocycles. The number of nitrogens with one attached hydrogen (secondary N) is 1. The van der Waals surface area contributed by atoms with E-state index in [4.69, 9.17) is 11.6 Å². The van der Waals surface area contributed by atoms with Gasteiger partial charge in [-0.1, -0.05) is 35.9 Å². The van der Waals surface area contributed by atoms with Gasteiger partial charge in [0.25, 0.3) is 0 Å². The molecule has 6 nitrogen and oxygen atoms in total. The first kappa shape index (κ1) is 20.1. The van der Waals surface area contributed by atoms with Crippen LogP contribution in [0.5, 0.6) is 0 Å². The fraction of sp³-hybridized carbons (Fsp3) is 0.174. The number of rotatable bonds is 5. The number of fused-ring (bicyclic) bond motifs is 2. The fourth-order valence-electron chi connectivity index (χ4n) is 3.94. The van der Waals surface area contributed by atoms with E-state index in [9.17, 15) is 8.42 Å². The van der Waals surface area contributed by atoms with E-state index in [0.717, 1.165) is 33.1 Å². The maximum atomic E-state index is 13.4. The van der Waals surface area contributed by atoms with Gasteiger partial charge in [0.2, 0.25) is 10.0 Å². The smallest absolute Gasteiger partial charge is 0.245 e. The van der Waals surface area contributed by atoms with Crippen LogP contribution >= 0.6 is 11.6 Å². The van der Waals surface area contributed by atoms with Crippen LogP contribution in [0.3, 0.4) is 0 Å². The minimum atomic E-state index is -3.65. The Kier molecular flexibility index (Phi) is 4.77. The van der Waals surface area contributed by atoms with Gasteiger partial charge in [-0.05, 0) is 36.4 Å². The Labute approximate surface area is 186 Å². The zero-order valence-electron chi connectivity index (χ0n) is 17.1. The van der Waals surface area contributed by atoms with E-state index in [2.05, 4.69) is 10.3 Å². The molecule has 1 saturated heterocycles. The molecule has 2 atom stereocenters. The summed E-state index contributed by atoms with van der Waals surface area (Å²) < 4.78 is 28.4. The molecule has 1 aliphatic heterocycles. The standard InChI is InChI=1S/C23H21ClN4O2S/c1-27(2)21-7-3-6-17-16(21)5-4-8-22(17)31(29,30)28-14-23(28)26-19-11-12-25-20-13-15(24)9-10-18(19)20/h3-13,23H,14H2,1-2H3,(H,25,26). The number of nitrogens with zero attached hydrogens (tertiary/aromatic N) is 3. The van der Waals surface area contributed by atoms with Crippen LogP contribution in [0.25, 0.3) is 21.7 Å². The van der Waals surface area contributed by atoms with Crippen LogP contribution in [0.4, 0.5) is 11.4 Å². The zero-order chi connectivity index (χ0) is 21.8. The van der Waals surface area contributed by atoms with Crippen LogP contribution in [0.2, 0.25) is 5.02 Å². The molecule has 158 valence electrons. The van der Waals surface area contributed by atoms with E-state index in [0.29, 0.717) is 16.5 Å². The second kappa shape index (κ2) is 7.37. The van der Waals surface area contributed by atoms with Crippen molar-refractivity contribution in [1.82, 2.24) is 9.29 Å². The number of halogens is 1. The van der Waals surface area contributed by atoms with Crippen molar-refractivity contribution in [1.29, 1.82) is 0 Å². The molecule has 0 bridgehead atoms. The highest BCUT2D eigenvalue weighted by Crippen LogP contribution is 2.36. The first-order chi connectivity index (χ1) is 14.9. The summed E-state index contributed by atoms with van der Waals surface area (Å²) in [6, 6.07) is 18.5. The molecule has 4 aromatic rings. The van der Waals surface area contributed by atoms with E-state index in [-0.39, 0.29) is 6.17 Å². The molecule has 8 heteroatoms. The van der Waals surface area contributed by atoms with E-state index in [1.54, 1.807) is 30.5 Å². The van der Waals surface area contributed by atoms with Crippen molar-refractivity contribution < 1.29 is 8.42 Å². The zero-order valence-corrected chi connectivity index (χ0v) is 18.7. The van der Waals surface area contributed by atoms with E-state index >= 15 is 0 Å². The molecular formula is C23H21ClN4O2S. The van der Waals surface area contributed by atoms with Crippen LogP contribution in [-0.2, 0) is 10.0 Å². The topological polar surface area (TPSA) is 65.3 Å². The average Bonchev–Trinajstić information content (AvgIpc) is 3.53. The van der Waals surface area contributed by atoms with Crippen LogP contribution in [0.15, 0.2) is 71.8 Å². The number of hydrogen-bond acceptors (Lipinski definition) is 5. The van der Waals surface area contributed by atoms with Crippen molar-refractivity contribution in [2.75, 3.05) is 30.9 Å². The molecule has 0 spiro atoms. The molecule has 1 aromatic heterocycles. The summed E-state index contributed by atoms with van der Waals surface area (Å²) in [5, 5.41) is 6.49. The SMILES string of the molecule is CN(C)c1cccc2c(S(=O)(=O)N3CC3Nc3ccnc4cc(Cl)ccc34)cccc12. The molecule has 0 amide bonds. The molecule has 1 fully saturated rings. The summed E-state index contributed by atoms with van der Waals surface area (Å²) in [5.74, 6) is 0. The number of aromatic nitrogens is 1. The number of sulfonamides is 1. The number of benzene rings is 3. The molecule has 1 aliphatic rings. The largest absolute Gasteiger partial charge is 0.377 e. The minimum Gasteiger partial charge on any atom is -0.377 e. The predicted octanol–water partition coefficient (Wildman–Crippen LogP) is 4.55. The van der Waals surface area contributed by atoms with Gasteiger partial charge in [-0.2, -0.15) is 4.31 Å².